The molecule has 3 rings (SSSR count). The first-order valence-corrected chi connectivity index (χ1v) is 10.7. The molecule has 0 fully saturated rings. The van der Waals surface area contributed by atoms with Gasteiger partial charge in [0.2, 0.25) is 10.0 Å². The largest absolute Gasteiger partial charge is 0.476 e. The molecule has 0 radical (unpaired) electrons. The summed E-state index contributed by atoms with van der Waals surface area (Å²) in [6, 6.07) is 12.8. The van der Waals surface area contributed by atoms with E-state index >= 15 is 0 Å². The van der Waals surface area contributed by atoms with E-state index in [2.05, 4.69) is 5.10 Å². The van der Waals surface area contributed by atoms with E-state index in [4.69, 9.17) is 16.7 Å². The molecule has 2 aromatic carbocycles. The number of hydrogen-bond acceptors (Lipinski definition) is 4. The third kappa shape index (κ3) is 4.50. The summed E-state index contributed by atoms with van der Waals surface area (Å²) < 4.78 is 24.6. The van der Waals surface area contributed by atoms with Crippen LogP contribution in [0.5, 0.6) is 0 Å². The molecular formula is C20H20ClN3O4S. The van der Waals surface area contributed by atoms with Gasteiger partial charge < -0.3 is 5.11 Å². The van der Waals surface area contributed by atoms with Crippen molar-refractivity contribution in [2.24, 2.45) is 11.1 Å². The van der Waals surface area contributed by atoms with Gasteiger partial charge in [-0.05, 0) is 48.7 Å². The molecule has 1 heterocycles. The van der Waals surface area contributed by atoms with Crippen LogP contribution in [0.2, 0.25) is 5.02 Å². The van der Waals surface area contributed by atoms with Gasteiger partial charge in [-0.25, -0.2) is 23.0 Å². The lowest BCUT2D eigenvalue weighted by Crippen LogP contribution is -2.12. The molecule has 0 unspecified atom stereocenters. The first-order valence-electron chi connectivity index (χ1n) is 8.82. The topological polar surface area (TPSA) is 115 Å². The normalized spacial score (nSPS) is 11.8. The molecule has 3 N–H and O–H groups in total. The SMILES string of the molecule is CC(C)Cc1c(C(=O)O)nn(-c2ccc(S(N)(=O)=O)cc2)c1-c1ccc(Cl)cc1. The number of primary sulfonamides is 1. The van der Waals surface area contributed by atoms with Crippen molar-refractivity contribution in [2.75, 3.05) is 0 Å². The number of benzene rings is 2. The monoisotopic (exact) mass is 433 g/mol. The van der Waals surface area contributed by atoms with Gasteiger partial charge in [0, 0.05) is 16.1 Å². The smallest absolute Gasteiger partial charge is 0.356 e. The van der Waals surface area contributed by atoms with Crippen LogP contribution in [0.3, 0.4) is 0 Å². The third-order valence-electron chi connectivity index (χ3n) is 4.33. The number of aromatic carboxylic acids is 1. The van der Waals surface area contributed by atoms with Crippen molar-refractivity contribution >= 4 is 27.6 Å². The van der Waals surface area contributed by atoms with Crippen molar-refractivity contribution in [3.05, 3.63) is 64.8 Å². The minimum absolute atomic E-state index is 0.0395. The van der Waals surface area contributed by atoms with Crippen molar-refractivity contribution in [3.63, 3.8) is 0 Å². The number of hydrogen-bond donors (Lipinski definition) is 2. The fraction of sp³-hybridized carbons (Fsp3) is 0.200. The Morgan fingerprint density at radius 1 is 1.14 bits per heavy atom. The Kier molecular flexibility index (Phi) is 5.79. The second-order valence-corrected chi connectivity index (χ2v) is 9.03. The first kappa shape index (κ1) is 21.0. The van der Waals surface area contributed by atoms with E-state index in [1.807, 2.05) is 13.8 Å². The fourth-order valence-electron chi connectivity index (χ4n) is 3.09. The van der Waals surface area contributed by atoms with Gasteiger partial charge in [0.25, 0.3) is 0 Å². The lowest BCUT2D eigenvalue weighted by molar-refractivity contribution is 0.0688. The number of nitrogens with zero attached hydrogens (tertiary/aromatic N) is 2. The standard InChI is InChI=1S/C20H20ClN3O4S/c1-12(2)11-17-18(20(25)26)23-24(19(17)13-3-5-14(21)6-4-13)15-7-9-16(10-8-15)29(22,27)28/h3-10,12H,11H2,1-2H3,(H,25,26)(H2,22,27,28). The highest BCUT2D eigenvalue weighted by Crippen LogP contribution is 2.32. The zero-order valence-corrected chi connectivity index (χ0v) is 17.4. The zero-order valence-electron chi connectivity index (χ0n) is 15.8. The molecule has 0 aliphatic carbocycles. The van der Waals surface area contributed by atoms with E-state index in [1.54, 1.807) is 24.3 Å². The van der Waals surface area contributed by atoms with Gasteiger partial charge in [0.05, 0.1) is 16.3 Å². The summed E-state index contributed by atoms with van der Waals surface area (Å²) in [6.45, 7) is 3.99. The average Bonchev–Trinajstić information content (AvgIpc) is 3.00. The molecule has 0 bridgehead atoms. The summed E-state index contributed by atoms with van der Waals surface area (Å²) in [4.78, 5) is 11.8. The predicted octanol–water partition coefficient (Wildman–Crippen LogP) is 3.74. The number of carboxylic acid groups (broad SMARTS) is 1. The quantitative estimate of drug-likeness (QED) is 0.614. The molecule has 0 saturated carbocycles. The molecule has 0 spiro atoms. The van der Waals surface area contributed by atoms with Crippen LogP contribution in [0, 0.1) is 5.92 Å². The van der Waals surface area contributed by atoms with E-state index < -0.39 is 16.0 Å². The van der Waals surface area contributed by atoms with Crippen LogP contribution in [0.25, 0.3) is 16.9 Å². The Balaban J connectivity index is 2.27. The molecule has 0 aliphatic rings. The summed E-state index contributed by atoms with van der Waals surface area (Å²) in [5.41, 5.74) is 2.45. The van der Waals surface area contributed by atoms with Crippen molar-refractivity contribution in [2.45, 2.75) is 25.2 Å². The van der Waals surface area contributed by atoms with Gasteiger partial charge in [0.15, 0.2) is 5.69 Å². The molecule has 0 atom stereocenters. The Hall–Kier alpha value is -2.68. The number of nitrogens with two attached hydrogens (primary N) is 1. The molecule has 1 aromatic heterocycles. The second kappa shape index (κ2) is 7.98. The highest BCUT2D eigenvalue weighted by atomic mass is 35.5. The summed E-state index contributed by atoms with van der Waals surface area (Å²) in [6.07, 6.45) is 0.509. The van der Waals surface area contributed by atoms with E-state index in [-0.39, 0.29) is 16.5 Å². The molecule has 29 heavy (non-hydrogen) atoms. The van der Waals surface area contributed by atoms with E-state index in [1.165, 1.54) is 28.9 Å². The maximum atomic E-state index is 11.9. The number of sulfonamides is 1. The molecule has 0 saturated heterocycles. The molecule has 152 valence electrons. The number of aromatic nitrogens is 2. The molecule has 0 aliphatic heterocycles. The highest BCUT2D eigenvalue weighted by molar-refractivity contribution is 7.89. The number of carbonyl (C=O) groups is 1. The summed E-state index contributed by atoms with van der Waals surface area (Å²) in [7, 11) is -3.84. The van der Waals surface area contributed by atoms with Gasteiger partial charge in [-0.2, -0.15) is 5.10 Å². The highest BCUT2D eigenvalue weighted by Gasteiger charge is 2.25. The van der Waals surface area contributed by atoms with Crippen LogP contribution in [-0.4, -0.2) is 29.3 Å². The summed E-state index contributed by atoms with van der Waals surface area (Å²) in [5, 5.41) is 19.8. The van der Waals surface area contributed by atoms with Crippen LogP contribution < -0.4 is 5.14 Å². The molecule has 9 heteroatoms. The van der Waals surface area contributed by atoms with Crippen LogP contribution in [0.4, 0.5) is 0 Å². The van der Waals surface area contributed by atoms with Crippen molar-refractivity contribution in [1.82, 2.24) is 9.78 Å². The minimum Gasteiger partial charge on any atom is -0.476 e. The molecule has 3 aromatic rings. The van der Waals surface area contributed by atoms with Crippen molar-refractivity contribution < 1.29 is 18.3 Å². The van der Waals surface area contributed by atoms with E-state index in [0.29, 0.717) is 28.4 Å². The fourth-order valence-corrected chi connectivity index (χ4v) is 3.73. The number of halogens is 1. The van der Waals surface area contributed by atoms with Crippen molar-refractivity contribution in [1.29, 1.82) is 0 Å². The van der Waals surface area contributed by atoms with Gasteiger partial charge in [-0.3, -0.25) is 0 Å². The van der Waals surface area contributed by atoms with Crippen molar-refractivity contribution in [3.8, 4) is 16.9 Å². The van der Waals surface area contributed by atoms with Crippen LogP contribution in [0.1, 0.15) is 29.9 Å². The Labute approximate surface area is 173 Å². The van der Waals surface area contributed by atoms with Gasteiger partial charge in [-0.1, -0.05) is 37.6 Å². The van der Waals surface area contributed by atoms with Gasteiger partial charge in [0.1, 0.15) is 0 Å². The molecule has 0 amide bonds. The number of carboxylic acids is 1. The van der Waals surface area contributed by atoms with Crippen LogP contribution in [0.15, 0.2) is 53.4 Å². The second-order valence-electron chi connectivity index (χ2n) is 7.04. The predicted molar refractivity (Wildman–Crippen MR) is 111 cm³/mol. The third-order valence-corrected chi connectivity index (χ3v) is 5.51. The van der Waals surface area contributed by atoms with Gasteiger partial charge in [-0.15, -0.1) is 0 Å². The van der Waals surface area contributed by atoms with E-state index in [0.717, 1.165) is 5.56 Å². The average molecular weight is 434 g/mol. The Bertz CT molecular complexity index is 1150. The molecule has 7 nitrogen and oxygen atoms in total. The number of rotatable bonds is 6. The van der Waals surface area contributed by atoms with Crippen LogP contribution >= 0.6 is 11.6 Å². The minimum atomic E-state index is -3.84. The van der Waals surface area contributed by atoms with Crippen LogP contribution in [-0.2, 0) is 16.4 Å². The van der Waals surface area contributed by atoms with Gasteiger partial charge >= 0.3 is 5.97 Å². The summed E-state index contributed by atoms with van der Waals surface area (Å²) in [5.74, 6) is -0.933. The maximum absolute atomic E-state index is 11.9. The molecular weight excluding hydrogens is 414 g/mol. The lowest BCUT2D eigenvalue weighted by Gasteiger charge is -2.12. The summed E-state index contributed by atoms with van der Waals surface area (Å²) >= 11 is 6.01. The zero-order chi connectivity index (χ0) is 21.3. The first-order chi connectivity index (χ1) is 13.6. The Morgan fingerprint density at radius 3 is 2.21 bits per heavy atom. The van der Waals surface area contributed by atoms with E-state index in [9.17, 15) is 18.3 Å². The Morgan fingerprint density at radius 2 is 1.72 bits per heavy atom. The lowest BCUT2D eigenvalue weighted by atomic mass is 9.97. The maximum Gasteiger partial charge on any atom is 0.356 e.